The highest BCUT2D eigenvalue weighted by Gasteiger charge is 2.34. The van der Waals surface area contributed by atoms with Crippen molar-refractivity contribution >= 4 is 21.7 Å². The molecule has 0 spiro atoms. The SMILES string of the molecule is Nc1nc(C(F)(F)F)cc(Br)c1C(F)F. The van der Waals surface area contributed by atoms with Gasteiger partial charge in [0.05, 0.1) is 5.56 Å². The molecule has 0 aliphatic rings. The van der Waals surface area contributed by atoms with Crippen molar-refractivity contribution in [2.24, 2.45) is 0 Å². The molecule has 0 saturated heterocycles. The smallest absolute Gasteiger partial charge is 0.383 e. The Bertz CT molecular complexity index is 353. The van der Waals surface area contributed by atoms with Gasteiger partial charge in [0, 0.05) is 4.47 Å². The molecule has 0 fully saturated rings. The van der Waals surface area contributed by atoms with Gasteiger partial charge in [0.15, 0.2) is 0 Å². The van der Waals surface area contributed by atoms with Crippen LogP contribution < -0.4 is 5.73 Å². The number of anilines is 1. The van der Waals surface area contributed by atoms with Gasteiger partial charge in [-0.15, -0.1) is 0 Å². The van der Waals surface area contributed by atoms with Crippen molar-refractivity contribution in [3.8, 4) is 0 Å². The molecule has 2 nitrogen and oxygen atoms in total. The molecular formula is C7H4BrF5N2. The lowest BCUT2D eigenvalue weighted by molar-refractivity contribution is -0.141. The maximum Gasteiger partial charge on any atom is 0.433 e. The van der Waals surface area contributed by atoms with E-state index < -0.39 is 34.1 Å². The van der Waals surface area contributed by atoms with Crippen LogP contribution in [-0.4, -0.2) is 4.98 Å². The third-order valence-corrected chi connectivity index (χ3v) is 2.20. The second-order valence-electron chi connectivity index (χ2n) is 2.59. The summed E-state index contributed by atoms with van der Waals surface area (Å²) in [5.74, 6) is -0.827. The molecule has 0 amide bonds. The first-order valence-electron chi connectivity index (χ1n) is 3.54. The van der Waals surface area contributed by atoms with Crippen molar-refractivity contribution in [2.45, 2.75) is 12.6 Å². The zero-order valence-electron chi connectivity index (χ0n) is 6.95. The Labute approximate surface area is 89.4 Å². The third-order valence-electron chi connectivity index (χ3n) is 1.55. The van der Waals surface area contributed by atoms with E-state index in [0.717, 1.165) is 0 Å². The van der Waals surface area contributed by atoms with Gasteiger partial charge in [-0.3, -0.25) is 0 Å². The Hall–Kier alpha value is -0.920. The summed E-state index contributed by atoms with van der Waals surface area (Å²) in [4.78, 5) is 2.87. The molecule has 0 bridgehead atoms. The Kier molecular flexibility index (Phi) is 3.17. The summed E-state index contributed by atoms with van der Waals surface area (Å²) < 4.78 is 60.6. The minimum atomic E-state index is -4.71. The summed E-state index contributed by atoms with van der Waals surface area (Å²) in [5.41, 5.74) is 2.96. The summed E-state index contributed by atoms with van der Waals surface area (Å²) in [6.07, 6.45) is -7.69. The molecule has 15 heavy (non-hydrogen) atoms. The van der Waals surface area contributed by atoms with Crippen LogP contribution in [-0.2, 0) is 6.18 Å². The number of nitrogens with zero attached hydrogens (tertiary/aromatic N) is 1. The lowest BCUT2D eigenvalue weighted by atomic mass is 10.2. The molecule has 1 heterocycles. The van der Waals surface area contributed by atoms with Gasteiger partial charge >= 0.3 is 6.18 Å². The highest BCUT2D eigenvalue weighted by molar-refractivity contribution is 9.10. The van der Waals surface area contributed by atoms with Crippen LogP contribution in [0.2, 0.25) is 0 Å². The summed E-state index contributed by atoms with van der Waals surface area (Å²) in [5, 5.41) is 0. The molecule has 0 aromatic carbocycles. The van der Waals surface area contributed by atoms with Crippen LogP contribution >= 0.6 is 15.9 Å². The predicted octanol–water partition coefficient (Wildman–Crippen LogP) is 3.38. The molecule has 1 aromatic rings. The van der Waals surface area contributed by atoms with Crippen molar-refractivity contribution in [3.05, 3.63) is 21.8 Å². The first kappa shape index (κ1) is 12.2. The molecular weight excluding hydrogens is 287 g/mol. The van der Waals surface area contributed by atoms with E-state index in [9.17, 15) is 22.0 Å². The first-order valence-corrected chi connectivity index (χ1v) is 4.34. The highest BCUT2D eigenvalue weighted by Crippen LogP contribution is 2.36. The fraction of sp³-hybridized carbons (Fsp3) is 0.286. The fourth-order valence-corrected chi connectivity index (χ4v) is 1.50. The zero-order valence-corrected chi connectivity index (χ0v) is 8.53. The normalized spacial score (nSPS) is 12.2. The highest BCUT2D eigenvalue weighted by atomic mass is 79.9. The second-order valence-corrected chi connectivity index (χ2v) is 3.44. The number of aromatic nitrogens is 1. The van der Waals surface area contributed by atoms with Crippen molar-refractivity contribution in [2.75, 3.05) is 5.73 Å². The van der Waals surface area contributed by atoms with Gasteiger partial charge in [-0.05, 0) is 6.07 Å². The first-order chi connectivity index (χ1) is 6.73. The van der Waals surface area contributed by atoms with Crippen LogP contribution in [0.3, 0.4) is 0 Å². The molecule has 1 rings (SSSR count). The number of alkyl halides is 5. The standard InChI is InChI=1S/C7H4BrF5N2/c8-2-1-3(7(11,12)13)15-6(14)4(2)5(9)10/h1,5H,(H2,14,15). The van der Waals surface area contributed by atoms with Gasteiger partial charge in [-0.25, -0.2) is 13.8 Å². The number of hydrogen-bond donors (Lipinski definition) is 1. The Morgan fingerprint density at radius 1 is 1.33 bits per heavy atom. The van der Waals surface area contributed by atoms with Crippen molar-refractivity contribution < 1.29 is 22.0 Å². The van der Waals surface area contributed by atoms with Crippen LogP contribution in [0.15, 0.2) is 10.5 Å². The van der Waals surface area contributed by atoms with E-state index in [4.69, 9.17) is 5.73 Å². The molecule has 0 saturated carbocycles. The summed E-state index contributed by atoms with van der Waals surface area (Å²) >= 11 is 2.59. The third kappa shape index (κ3) is 2.55. The Balaban J connectivity index is 3.32. The topological polar surface area (TPSA) is 38.9 Å². The summed E-state index contributed by atoms with van der Waals surface area (Å²) in [6, 6.07) is 0.470. The van der Waals surface area contributed by atoms with Gasteiger partial charge in [-0.1, -0.05) is 15.9 Å². The summed E-state index contributed by atoms with van der Waals surface area (Å²) in [7, 11) is 0. The largest absolute Gasteiger partial charge is 0.433 e. The van der Waals surface area contributed by atoms with Crippen LogP contribution in [0.1, 0.15) is 17.7 Å². The second kappa shape index (κ2) is 3.92. The lowest BCUT2D eigenvalue weighted by Gasteiger charge is -2.11. The monoisotopic (exact) mass is 290 g/mol. The number of nitrogens with two attached hydrogens (primary N) is 1. The molecule has 0 atom stereocenters. The van der Waals surface area contributed by atoms with Crippen molar-refractivity contribution in [1.29, 1.82) is 0 Å². The molecule has 8 heteroatoms. The number of rotatable bonds is 1. The number of nitrogen functional groups attached to an aromatic ring is 1. The summed E-state index contributed by atoms with van der Waals surface area (Å²) in [6.45, 7) is 0. The van der Waals surface area contributed by atoms with Gasteiger partial charge in [0.2, 0.25) is 0 Å². The molecule has 0 aliphatic carbocycles. The van der Waals surface area contributed by atoms with E-state index in [-0.39, 0.29) is 0 Å². The molecule has 84 valence electrons. The van der Waals surface area contributed by atoms with E-state index in [0.29, 0.717) is 6.07 Å². The van der Waals surface area contributed by atoms with Gasteiger partial charge in [0.1, 0.15) is 11.5 Å². The number of hydrogen-bond acceptors (Lipinski definition) is 2. The lowest BCUT2D eigenvalue weighted by Crippen LogP contribution is -2.11. The van der Waals surface area contributed by atoms with E-state index in [1.165, 1.54) is 0 Å². The van der Waals surface area contributed by atoms with Crippen LogP contribution in [0, 0.1) is 0 Å². The molecule has 0 aliphatic heterocycles. The van der Waals surface area contributed by atoms with Gasteiger partial charge < -0.3 is 5.73 Å². The fourth-order valence-electron chi connectivity index (χ4n) is 0.904. The van der Waals surface area contributed by atoms with E-state index in [1.807, 2.05) is 0 Å². The average molecular weight is 291 g/mol. The zero-order chi connectivity index (χ0) is 11.8. The van der Waals surface area contributed by atoms with Crippen LogP contribution in [0.5, 0.6) is 0 Å². The minimum absolute atomic E-state index is 0.405. The molecule has 0 unspecified atom stereocenters. The molecule has 2 N–H and O–H groups in total. The minimum Gasteiger partial charge on any atom is -0.383 e. The number of halogens is 6. The average Bonchev–Trinajstić information content (AvgIpc) is 1.99. The van der Waals surface area contributed by atoms with Crippen LogP contribution in [0.4, 0.5) is 27.8 Å². The van der Waals surface area contributed by atoms with Gasteiger partial charge in [-0.2, -0.15) is 13.2 Å². The maximum absolute atomic E-state index is 12.3. The van der Waals surface area contributed by atoms with Crippen molar-refractivity contribution in [3.63, 3.8) is 0 Å². The number of pyridine rings is 1. The van der Waals surface area contributed by atoms with Crippen molar-refractivity contribution in [1.82, 2.24) is 4.98 Å². The Morgan fingerprint density at radius 2 is 1.87 bits per heavy atom. The Morgan fingerprint density at radius 3 is 2.20 bits per heavy atom. The molecule has 0 radical (unpaired) electrons. The van der Waals surface area contributed by atoms with Crippen LogP contribution in [0.25, 0.3) is 0 Å². The van der Waals surface area contributed by atoms with E-state index >= 15 is 0 Å². The molecule has 1 aromatic heterocycles. The van der Waals surface area contributed by atoms with E-state index in [1.54, 1.807) is 0 Å². The quantitative estimate of drug-likeness (QED) is 0.805. The van der Waals surface area contributed by atoms with E-state index in [2.05, 4.69) is 20.9 Å². The van der Waals surface area contributed by atoms with Gasteiger partial charge in [0.25, 0.3) is 6.43 Å². The predicted molar refractivity (Wildman–Crippen MR) is 46.3 cm³/mol. The maximum atomic E-state index is 12.3.